The molecule has 0 spiro atoms. The predicted octanol–water partition coefficient (Wildman–Crippen LogP) is 5.25. The Balaban J connectivity index is 1.78. The van der Waals surface area contributed by atoms with Gasteiger partial charge in [-0.3, -0.25) is 0 Å². The molecular weight excluding hydrogens is 282 g/mol. The Bertz CT molecular complexity index is 622. The van der Waals surface area contributed by atoms with E-state index >= 15 is 0 Å². The number of fused-ring (bicyclic) bond motifs is 1. The van der Waals surface area contributed by atoms with Gasteiger partial charge in [-0.1, -0.05) is 25.1 Å². The average molecular weight is 301 g/mol. The van der Waals surface area contributed by atoms with E-state index in [2.05, 4.69) is 59.4 Å². The number of nitrogens with one attached hydrogen (secondary N) is 1. The SMILES string of the molecule is CCNC(CCc1ccsc1)c1cc2ccccc2s1. The molecule has 2 aromatic heterocycles. The second kappa shape index (κ2) is 6.53. The molecular formula is C17H19NS2. The van der Waals surface area contributed by atoms with Crippen LogP contribution in [-0.2, 0) is 6.42 Å². The van der Waals surface area contributed by atoms with E-state index in [-0.39, 0.29) is 0 Å². The predicted molar refractivity (Wildman–Crippen MR) is 90.9 cm³/mol. The van der Waals surface area contributed by atoms with Crippen LogP contribution in [0.5, 0.6) is 0 Å². The van der Waals surface area contributed by atoms with Gasteiger partial charge in [0.2, 0.25) is 0 Å². The van der Waals surface area contributed by atoms with E-state index in [1.807, 2.05) is 11.3 Å². The van der Waals surface area contributed by atoms with Crippen LogP contribution in [0.4, 0.5) is 0 Å². The zero-order valence-electron chi connectivity index (χ0n) is 11.6. The highest BCUT2D eigenvalue weighted by atomic mass is 32.1. The van der Waals surface area contributed by atoms with Crippen molar-refractivity contribution in [3.8, 4) is 0 Å². The summed E-state index contributed by atoms with van der Waals surface area (Å²) in [6.07, 6.45) is 2.31. The summed E-state index contributed by atoms with van der Waals surface area (Å²) < 4.78 is 1.39. The van der Waals surface area contributed by atoms with E-state index in [0.29, 0.717) is 6.04 Å². The molecule has 3 heteroatoms. The molecule has 0 radical (unpaired) electrons. The van der Waals surface area contributed by atoms with Gasteiger partial charge in [0.15, 0.2) is 0 Å². The van der Waals surface area contributed by atoms with E-state index < -0.39 is 0 Å². The highest BCUT2D eigenvalue weighted by molar-refractivity contribution is 7.19. The number of hydrogen-bond acceptors (Lipinski definition) is 3. The first kappa shape index (κ1) is 13.8. The number of rotatable bonds is 6. The summed E-state index contributed by atoms with van der Waals surface area (Å²) in [7, 11) is 0. The summed E-state index contributed by atoms with van der Waals surface area (Å²) in [6, 6.07) is 13.7. The molecule has 0 aliphatic rings. The monoisotopic (exact) mass is 301 g/mol. The van der Waals surface area contributed by atoms with Gasteiger partial charge >= 0.3 is 0 Å². The molecule has 1 atom stereocenters. The van der Waals surface area contributed by atoms with Crippen molar-refractivity contribution in [2.24, 2.45) is 0 Å². The molecule has 1 N–H and O–H groups in total. The van der Waals surface area contributed by atoms with Crippen LogP contribution in [0.1, 0.15) is 29.8 Å². The molecule has 104 valence electrons. The lowest BCUT2D eigenvalue weighted by Crippen LogP contribution is -2.20. The van der Waals surface area contributed by atoms with Gasteiger partial charge in [0, 0.05) is 15.6 Å². The van der Waals surface area contributed by atoms with Gasteiger partial charge in [0.05, 0.1) is 0 Å². The Morgan fingerprint density at radius 2 is 2.10 bits per heavy atom. The zero-order chi connectivity index (χ0) is 13.8. The topological polar surface area (TPSA) is 12.0 Å². The number of hydrogen-bond donors (Lipinski definition) is 1. The highest BCUT2D eigenvalue weighted by Crippen LogP contribution is 2.32. The molecule has 1 aromatic carbocycles. The molecule has 0 aliphatic heterocycles. The van der Waals surface area contributed by atoms with Gasteiger partial charge in [-0.25, -0.2) is 0 Å². The van der Waals surface area contributed by atoms with Gasteiger partial charge in [0.25, 0.3) is 0 Å². The summed E-state index contributed by atoms with van der Waals surface area (Å²) >= 11 is 3.71. The minimum atomic E-state index is 0.470. The van der Waals surface area contributed by atoms with E-state index in [1.54, 1.807) is 11.3 Å². The van der Waals surface area contributed by atoms with Crippen molar-refractivity contribution in [1.82, 2.24) is 5.32 Å². The molecule has 2 heterocycles. The average Bonchev–Trinajstić information content (AvgIpc) is 3.12. The van der Waals surface area contributed by atoms with Gasteiger partial charge in [-0.05, 0) is 59.3 Å². The minimum Gasteiger partial charge on any atom is -0.310 e. The third kappa shape index (κ3) is 3.11. The van der Waals surface area contributed by atoms with Crippen LogP contribution < -0.4 is 5.32 Å². The van der Waals surface area contributed by atoms with Gasteiger partial charge in [-0.2, -0.15) is 11.3 Å². The lowest BCUT2D eigenvalue weighted by atomic mass is 10.1. The van der Waals surface area contributed by atoms with Crippen LogP contribution in [0.25, 0.3) is 10.1 Å². The van der Waals surface area contributed by atoms with Crippen LogP contribution in [0.2, 0.25) is 0 Å². The van der Waals surface area contributed by atoms with E-state index in [0.717, 1.165) is 19.4 Å². The standard InChI is InChI=1S/C17H19NS2/c1-2-18-15(8-7-13-9-10-19-12-13)17-11-14-5-3-4-6-16(14)20-17/h3-6,9-12,15,18H,2,7-8H2,1H3. The van der Waals surface area contributed by atoms with Crippen molar-refractivity contribution in [2.45, 2.75) is 25.8 Å². The molecule has 3 aromatic rings. The third-order valence-corrected chi connectivity index (χ3v) is 5.50. The maximum Gasteiger partial charge on any atom is 0.0418 e. The van der Waals surface area contributed by atoms with Crippen molar-refractivity contribution >= 4 is 32.8 Å². The second-order valence-electron chi connectivity index (χ2n) is 4.97. The van der Waals surface area contributed by atoms with Gasteiger partial charge in [0.1, 0.15) is 0 Å². The summed E-state index contributed by atoms with van der Waals surface area (Å²) in [5.41, 5.74) is 1.46. The number of aryl methyl sites for hydroxylation is 1. The van der Waals surface area contributed by atoms with Crippen molar-refractivity contribution in [3.05, 3.63) is 57.6 Å². The molecule has 0 saturated heterocycles. The maximum absolute atomic E-state index is 3.64. The van der Waals surface area contributed by atoms with Crippen molar-refractivity contribution in [3.63, 3.8) is 0 Å². The lowest BCUT2D eigenvalue weighted by Gasteiger charge is -2.15. The Morgan fingerprint density at radius 1 is 1.20 bits per heavy atom. The molecule has 0 fully saturated rings. The molecule has 0 bridgehead atoms. The number of thiophene rings is 2. The summed E-state index contributed by atoms with van der Waals surface area (Å²) in [5, 5.41) is 9.42. The Hall–Kier alpha value is -1.16. The van der Waals surface area contributed by atoms with Gasteiger partial charge < -0.3 is 5.32 Å². The first-order valence-corrected chi connectivity index (χ1v) is 8.85. The molecule has 3 rings (SSSR count). The molecule has 1 nitrogen and oxygen atoms in total. The Kier molecular flexibility index (Phi) is 4.51. The molecule has 1 unspecified atom stereocenters. The summed E-state index contributed by atoms with van der Waals surface area (Å²) in [6.45, 7) is 3.20. The zero-order valence-corrected chi connectivity index (χ0v) is 13.3. The Morgan fingerprint density at radius 3 is 2.85 bits per heavy atom. The fourth-order valence-corrected chi connectivity index (χ4v) is 4.39. The largest absolute Gasteiger partial charge is 0.310 e. The minimum absolute atomic E-state index is 0.470. The normalized spacial score (nSPS) is 12.8. The summed E-state index contributed by atoms with van der Waals surface area (Å²) in [4.78, 5) is 1.46. The first-order valence-electron chi connectivity index (χ1n) is 7.09. The molecule has 20 heavy (non-hydrogen) atoms. The van der Waals surface area contributed by atoms with Crippen molar-refractivity contribution in [2.75, 3.05) is 6.54 Å². The molecule has 0 aliphatic carbocycles. The molecule has 0 amide bonds. The van der Waals surface area contributed by atoms with Crippen LogP contribution in [-0.4, -0.2) is 6.54 Å². The lowest BCUT2D eigenvalue weighted by molar-refractivity contribution is 0.523. The van der Waals surface area contributed by atoms with E-state index in [1.165, 1.54) is 20.5 Å². The quantitative estimate of drug-likeness (QED) is 0.656. The van der Waals surface area contributed by atoms with Crippen LogP contribution in [0.15, 0.2) is 47.2 Å². The smallest absolute Gasteiger partial charge is 0.0418 e. The summed E-state index contributed by atoms with van der Waals surface area (Å²) in [5.74, 6) is 0. The Labute approximate surface area is 128 Å². The maximum atomic E-state index is 3.64. The first-order chi connectivity index (χ1) is 9.86. The van der Waals surface area contributed by atoms with E-state index in [4.69, 9.17) is 0 Å². The fourth-order valence-electron chi connectivity index (χ4n) is 2.51. The van der Waals surface area contributed by atoms with Crippen LogP contribution >= 0.6 is 22.7 Å². The van der Waals surface area contributed by atoms with Crippen LogP contribution in [0, 0.1) is 0 Å². The second-order valence-corrected chi connectivity index (χ2v) is 6.86. The van der Waals surface area contributed by atoms with Gasteiger partial charge in [-0.15, -0.1) is 11.3 Å². The van der Waals surface area contributed by atoms with Crippen molar-refractivity contribution < 1.29 is 0 Å². The number of benzene rings is 1. The van der Waals surface area contributed by atoms with E-state index in [9.17, 15) is 0 Å². The van der Waals surface area contributed by atoms with Crippen molar-refractivity contribution in [1.29, 1.82) is 0 Å². The molecule has 0 saturated carbocycles. The fraction of sp³-hybridized carbons (Fsp3) is 0.294. The third-order valence-electron chi connectivity index (χ3n) is 3.54. The van der Waals surface area contributed by atoms with Crippen LogP contribution in [0.3, 0.4) is 0 Å². The highest BCUT2D eigenvalue weighted by Gasteiger charge is 2.13.